The van der Waals surface area contributed by atoms with Crippen LogP contribution in [0.1, 0.15) is 18.5 Å². The second-order valence-electron chi connectivity index (χ2n) is 4.90. The van der Waals surface area contributed by atoms with Crippen molar-refractivity contribution in [2.45, 2.75) is 19.1 Å². The number of halogens is 3. The number of carbonyl (C=O) groups is 1. The van der Waals surface area contributed by atoms with Crippen molar-refractivity contribution in [3.8, 4) is 5.75 Å². The van der Waals surface area contributed by atoms with E-state index in [2.05, 4.69) is 5.32 Å². The van der Waals surface area contributed by atoms with Gasteiger partial charge < -0.3 is 10.1 Å². The van der Waals surface area contributed by atoms with Gasteiger partial charge in [0.1, 0.15) is 11.8 Å². The minimum absolute atomic E-state index is 0.0863. The highest BCUT2D eigenvalue weighted by molar-refractivity contribution is 5.69. The number of piperazine rings is 1. The quantitative estimate of drug-likeness (QED) is 0.686. The Morgan fingerprint density at radius 3 is 2.57 bits per heavy atom. The van der Waals surface area contributed by atoms with E-state index in [4.69, 9.17) is 4.74 Å². The Labute approximate surface area is 120 Å². The molecular formula is C14H17F3N2O2. The first-order valence-electron chi connectivity index (χ1n) is 6.68. The standard InChI is InChI=1S/C14H17F3N2O2/c1-10(20)21-12-4-2-3-11(9-12)13(14(15,16)17)19-7-5-18-6-8-19/h2-4,9,13,18H,5-8H2,1H3/t13-/m0/s1. The van der Waals surface area contributed by atoms with Gasteiger partial charge in [0, 0.05) is 33.1 Å². The van der Waals surface area contributed by atoms with Crippen molar-refractivity contribution in [1.29, 1.82) is 0 Å². The molecule has 0 aliphatic carbocycles. The second-order valence-corrected chi connectivity index (χ2v) is 4.90. The van der Waals surface area contributed by atoms with Gasteiger partial charge in [0.05, 0.1) is 0 Å². The van der Waals surface area contributed by atoms with E-state index in [0.29, 0.717) is 26.2 Å². The highest BCUT2D eigenvalue weighted by Crippen LogP contribution is 2.38. The topological polar surface area (TPSA) is 41.6 Å². The lowest BCUT2D eigenvalue weighted by Crippen LogP contribution is -2.49. The number of esters is 1. The molecular weight excluding hydrogens is 285 g/mol. The zero-order chi connectivity index (χ0) is 15.5. The largest absolute Gasteiger partial charge is 0.427 e. The van der Waals surface area contributed by atoms with Gasteiger partial charge in [-0.15, -0.1) is 0 Å². The van der Waals surface area contributed by atoms with E-state index >= 15 is 0 Å². The number of benzene rings is 1. The molecule has 116 valence electrons. The summed E-state index contributed by atoms with van der Waals surface area (Å²) >= 11 is 0. The van der Waals surface area contributed by atoms with Crippen molar-refractivity contribution in [2.75, 3.05) is 26.2 Å². The molecule has 0 radical (unpaired) electrons. The number of carbonyl (C=O) groups excluding carboxylic acids is 1. The minimum atomic E-state index is -4.38. The van der Waals surface area contributed by atoms with Gasteiger partial charge >= 0.3 is 12.1 Å². The summed E-state index contributed by atoms with van der Waals surface area (Å²) in [5.74, 6) is -0.428. The molecule has 1 aromatic carbocycles. The molecule has 0 spiro atoms. The summed E-state index contributed by atoms with van der Waals surface area (Å²) in [6.07, 6.45) is -4.38. The van der Waals surface area contributed by atoms with Crippen LogP contribution in [-0.2, 0) is 4.79 Å². The van der Waals surface area contributed by atoms with Crippen LogP contribution in [0.2, 0.25) is 0 Å². The molecule has 1 fully saturated rings. The molecule has 1 aromatic rings. The van der Waals surface area contributed by atoms with Crippen molar-refractivity contribution in [1.82, 2.24) is 10.2 Å². The van der Waals surface area contributed by atoms with Gasteiger partial charge in [-0.3, -0.25) is 9.69 Å². The van der Waals surface area contributed by atoms with E-state index in [1.807, 2.05) is 0 Å². The third-order valence-corrected chi connectivity index (χ3v) is 3.26. The molecule has 0 amide bonds. The lowest BCUT2D eigenvalue weighted by Gasteiger charge is -2.36. The zero-order valence-corrected chi connectivity index (χ0v) is 11.6. The van der Waals surface area contributed by atoms with Gasteiger partial charge in [0.15, 0.2) is 0 Å². The zero-order valence-electron chi connectivity index (χ0n) is 11.6. The van der Waals surface area contributed by atoms with E-state index in [9.17, 15) is 18.0 Å². The summed E-state index contributed by atoms with van der Waals surface area (Å²) in [7, 11) is 0. The predicted octanol–water partition coefficient (Wildman–Crippen LogP) is 2.12. The Bertz CT molecular complexity index is 499. The fourth-order valence-corrected chi connectivity index (χ4v) is 2.46. The molecule has 2 rings (SSSR count). The van der Waals surface area contributed by atoms with E-state index in [1.165, 1.54) is 36.1 Å². The van der Waals surface area contributed by atoms with Crippen molar-refractivity contribution in [2.24, 2.45) is 0 Å². The van der Waals surface area contributed by atoms with Gasteiger partial charge in [-0.2, -0.15) is 13.2 Å². The first-order chi connectivity index (χ1) is 9.88. The summed E-state index contributed by atoms with van der Waals surface area (Å²) in [6, 6.07) is 3.94. The number of rotatable bonds is 3. The fraction of sp³-hybridized carbons (Fsp3) is 0.500. The predicted molar refractivity (Wildman–Crippen MR) is 71.0 cm³/mol. The van der Waals surface area contributed by atoms with E-state index in [0.717, 1.165) is 0 Å². The van der Waals surface area contributed by atoms with Gasteiger partial charge in [0.2, 0.25) is 0 Å². The summed E-state index contributed by atoms with van der Waals surface area (Å²) in [4.78, 5) is 12.3. The third-order valence-electron chi connectivity index (χ3n) is 3.26. The number of hydrogen-bond acceptors (Lipinski definition) is 4. The van der Waals surface area contributed by atoms with Crippen LogP contribution in [-0.4, -0.2) is 43.2 Å². The lowest BCUT2D eigenvalue weighted by molar-refractivity contribution is -0.187. The van der Waals surface area contributed by atoms with Crippen LogP contribution in [0.15, 0.2) is 24.3 Å². The molecule has 0 aromatic heterocycles. The molecule has 1 heterocycles. The normalized spacial score (nSPS) is 18.3. The molecule has 0 unspecified atom stereocenters. The van der Waals surface area contributed by atoms with Crippen molar-refractivity contribution < 1.29 is 22.7 Å². The molecule has 1 N–H and O–H groups in total. The number of nitrogens with zero attached hydrogens (tertiary/aromatic N) is 1. The molecule has 0 bridgehead atoms. The molecule has 1 aliphatic rings. The highest BCUT2D eigenvalue weighted by Gasteiger charge is 2.44. The van der Waals surface area contributed by atoms with Gasteiger partial charge in [-0.25, -0.2) is 0 Å². The number of nitrogens with one attached hydrogen (secondary N) is 1. The molecule has 21 heavy (non-hydrogen) atoms. The summed E-state index contributed by atoms with van der Waals surface area (Å²) < 4.78 is 45.1. The van der Waals surface area contributed by atoms with E-state index < -0.39 is 18.2 Å². The maximum Gasteiger partial charge on any atom is 0.408 e. The van der Waals surface area contributed by atoms with Crippen LogP contribution >= 0.6 is 0 Å². The minimum Gasteiger partial charge on any atom is -0.427 e. The maximum absolute atomic E-state index is 13.4. The third kappa shape index (κ3) is 4.18. The summed E-state index contributed by atoms with van der Waals surface area (Å²) in [5, 5.41) is 3.03. The van der Waals surface area contributed by atoms with Crippen molar-refractivity contribution in [3.05, 3.63) is 29.8 Å². The van der Waals surface area contributed by atoms with Crippen LogP contribution in [0, 0.1) is 0 Å². The summed E-state index contributed by atoms with van der Waals surface area (Å²) in [5.41, 5.74) is 0.0863. The Hall–Kier alpha value is -1.60. The maximum atomic E-state index is 13.4. The molecule has 7 heteroatoms. The van der Waals surface area contributed by atoms with Crippen LogP contribution in [0.3, 0.4) is 0 Å². The van der Waals surface area contributed by atoms with Gasteiger partial charge in [-0.1, -0.05) is 12.1 Å². The highest BCUT2D eigenvalue weighted by atomic mass is 19.4. The Morgan fingerprint density at radius 2 is 2.00 bits per heavy atom. The first kappa shape index (κ1) is 15.8. The molecule has 1 atom stereocenters. The van der Waals surface area contributed by atoms with Crippen LogP contribution in [0.25, 0.3) is 0 Å². The van der Waals surface area contributed by atoms with Gasteiger partial charge in [0.25, 0.3) is 0 Å². The molecule has 1 saturated heterocycles. The summed E-state index contributed by atoms with van der Waals surface area (Å²) in [6.45, 7) is 2.90. The molecule has 0 saturated carbocycles. The van der Waals surface area contributed by atoms with Gasteiger partial charge in [-0.05, 0) is 17.7 Å². The average molecular weight is 302 g/mol. The van der Waals surface area contributed by atoms with Crippen molar-refractivity contribution in [3.63, 3.8) is 0 Å². The monoisotopic (exact) mass is 302 g/mol. The Morgan fingerprint density at radius 1 is 1.33 bits per heavy atom. The Balaban J connectivity index is 2.30. The average Bonchev–Trinajstić information content (AvgIpc) is 2.38. The van der Waals surface area contributed by atoms with Crippen molar-refractivity contribution >= 4 is 5.97 Å². The molecule has 4 nitrogen and oxygen atoms in total. The fourth-order valence-electron chi connectivity index (χ4n) is 2.46. The number of ether oxygens (including phenoxy) is 1. The smallest absolute Gasteiger partial charge is 0.408 e. The number of alkyl halides is 3. The SMILES string of the molecule is CC(=O)Oc1cccc([C@H](N2CCNCC2)C(F)(F)F)c1. The number of hydrogen-bond donors (Lipinski definition) is 1. The second kappa shape index (κ2) is 6.44. The van der Waals surface area contributed by atoms with E-state index in [-0.39, 0.29) is 11.3 Å². The molecule has 1 aliphatic heterocycles. The lowest BCUT2D eigenvalue weighted by atomic mass is 10.0. The van der Waals surface area contributed by atoms with Crippen LogP contribution < -0.4 is 10.1 Å². The first-order valence-corrected chi connectivity index (χ1v) is 6.68. The van der Waals surface area contributed by atoms with Crippen LogP contribution in [0.4, 0.5) is 13.2 Å². The van der Waals surface area contributed by atoms with Crippen LogP contribution in [0.5, 0.6) is 5.75 Å². The Kier molecular flexibility index (Phi) is 4.84. The van der Waals surface area contributed by atoms with E-state index in [1.54, 1.807) is 0 Å².